The number of aromatic hydroxyl groups is 2. The van der Waals surface area contributed by atoms with Gasteiger partial charge in [-0.05, 0) is 36.8 Å². The topological polar surface area (TPSA) is 40.5 Å². The van der Waals surface area contributed by atoms with Crippen molar-refractivity contribution in [2.45, 2.75) is 44.9 Å². The number of hydrogen-bond donors (Lipinski definition) is 2. The third-order valence-corrected chi connectivity index (χ3v) is 5.08. The molecule has 2 heteroatoms. The minimum Gasteiger partial charge on any atom is -0.508 e. The molecule has 0 unspecified atom stereocenters. The smallest absolute Gasteiger partial charge is 0.119 e. The Hall–Kier alpha value is -1.96. The Balaban J connectivity index is 2.24. The molecule has 2 N–H and O–H groups in total. The van der Waals surface area contributed by atoms with Gasteiger partial charge in [-0.1, -0.05) is 56.7 Å². The first-order valence-electron chi connectivity index (χ1n) is 8.02. The summed E-state index contributed by atoms with van der Waals surface area (Å²) >= 11 is 0. The number of benzene rings is 2. The molecule has 0 saturated heterocycles. The van der Waals surface area contributed by atoms with Gasteiger partial charge in [-0.15, -0.1) is 0 Å². The van der Waals surface area contributed by atoms with Gasteiger partial charge < -0.3 is 10.2 Å². The summed E-state index contributed by atoms with van der Waals surface area (Å²) in [5.74, 6) is 0.645. The number of rotatable bonds is 2. The molecule has 0 spiro atoms. The zero-order valence-corrected chi connectivity index (χ0v) is 13.3. The van der Waals surface area contributed by atoms with E-state index in [4.69, 9.17) is 0 Å². The molecule has 0 heterocycles. The fourth-order valence-electron chi connectivity index (χ4n) is 4.22. The van der Waals surface area contributed by atoms with E-state index in [1.165, 1.54) is 6.42 Å². The van der Waals surface area contributed by atoms with Crippen LogP contribution in [-0.2, 0) is 5.41 Å². The summed E-state index contributed by atoms with van der Waals surface area (Å²) < 4.78 is 0. The molecule has 2 aromatic rings. The summed E-state index contributed by atoms with van der Waals surface area (Å²) in [5.41, 5.74) is 1.73. The highest BCUT2D eigenvalue weighted by Crippen LogP contribution is 2.54. The quantitative estimate of drug-likeness (QED) is 0.820. The van der Waals surface area contributed by atoms with E-state index in [0.29, 0.717) is 11.5 Å². The van der Waals surface area contributed by atoms with Gasteiger partial charge in [0.1, 0.15) is 11.5 Å². The number of phenolic OH excluding ortho intramolecular Hbond substituents is 2. The Morgan fingerprint density at radius 1 is 0.773 bits per heavy atom. The van der Waals surface area contributed by atoms with E-state index in [-0.39, 0.29) is 10.8 Å². The Morgan fingerprint density at radius 2 is 1.27 bits per heavy atom. The van der Waals surface area contributed by atoms with Crippen molar-refractivity contribution >= 4 is 0 Å². The molecule has 0 aliphatic heterocycles. The van der Waals surface area contributed by atoms with E-state index >= 15 is 0 Å². The Bertz CT molecular complexity index is 627. The van der Waals surface area contributed by atoms with Gasteiger partial charge in [-0.25, -0.2) is 0 Å². The summed E-state index contributed by atoms with van der Waals surface area (Å²) in [4.78, 5) is 0. The third kappa shape index (κ3) is 2.47. The van der Waals surface area contributed by atoms with Crippen molar-refractivity contribution in [3.63, 3.8) is 0 Å². The second kappa shape index (κ2) is 5.35. The van der Waals surface area contributed by atoms with E-state index in [1.807, 2.05) is 36.4 Å². The third-order valence-electron chi connectivity index (χ3n) is 5.08. The first kappa shape index (κ1) is 15.0. The molecule has 3 rings (SSSR count). The molecule has 2 aromatic carbocycles. The van der Waals surface area contributed by atoms with Crippen molar-refractivity contribution in [1.29, 1.82) is 0 Å². The standard InChI is InChI=1S/C20H24O2/c1-19(2)12-7-13-20(14-19,15-8-3-5-10-17(15)21)16-9-4-6-11-18(16)22/h3-6,8-11,21-22H,7,12-14H2,1-2H3. The Labute approximate surface area is 132 Å². The Morgan fingerprint density at radius 3 is 1.73 bits per heavy atom. The molecule has 1 aliphatic rings. The van der Waals surface area contributed by atoms with Crippen LogP contribution in [0.3, 0.4) is 0 Å². The summed E-state index contributed by atoms with van der Waals surface area (Å²) in [6.45, 7) is 4.56. The zero-order chi connectivity index (χ0) is 15.8. The summed E-state index contributed by atoms with van der Waals surface area (Å²) in [5, 5.41) is 20.9. The largest absolute Gasteiger partial charge is 0.508 e. The van der Waals surface area contributed by atoms with Gasteiger partial charge in [0.2, 0.25) is 0 Å². The average molecular weight is 296 g/mol. The van der Waals surface area contributed by atoms with Crippen LogP contribution in [0.25, 0.3) is 0 Å². The maximum atomic E-state index is 10.5. The van der Waals surface area contributed by atoms with Crippen molar-refractivity contribution in [3.8, 4) is 11.5 Å². The van der Waals surface area contributed by atoms with Crippen LogP contribution in [0.4, 0.5) is 0 Å². The zero-order valence-electron chi connectivity index (χ0n) is 13.3. The van der Waals surface area contributed by atoms with Crippen LogP contribution in [-0.4, -0.2) is 10.2 Å². The van der Waals surface area contributed by atoms with E-state index in [9.17, 15) is 10.2 Å². The molecule has 0 bridgehead atoms. The van der Waals surface area contributed by atoms with Gasteiger partial charge in [0.25, 0.3) is 0 Å². The second-order valence-corrected chi connectivity index (χ2v) is 7.31. The lowest BCUT2D eigenvalue weighted by Gasteiger charge is -2.46. The average Bonchev–Trinajstić information content (AvgIpc) is 2.47. The lowest BCUT2D eigenvalue weighted by Crippen LogP contribution is -2.38. The molecule has 22 heavy (non-hydrogen) atoms. The van der Waals surface area contributed by atoms with Gasteiger partial charge in [-0.2, -0.15) is 0 Å². The minimum absolute atomic E-state index is 0.183. The lowest BCUT2D eigenvalue weighted by molar-refractivity contribution is 0.168. The number of hydrogen-bond acceptors (Lipinski definition) is 2. The summed E-state index contributed by atoms with van der Waals surface area (Å²) in [7, 11) is 0. The fraction of sp³-hybridized carbons (Fsp3) is 0.400. The van der Waals surface area contributed by atoms with Crippen LogP contribution < -0.4 is 0 Å². The van der Waals surface area contributed by atoms with E-state index < -0.39 is 0 Å². The van der Waals surface area contributed by atoms with Gasteiger partial charge >= 0.3 is 0 Å². The molecular formula is C20H24O2. The summed E-state index contributed by atoms with van der Waals surface area (Å²) in [6, 6.07) is 15.1. The highest BCUT2D eigenvalue weighted by atomic mass is 16.3. The number of para-hydroxylation sites is 2. The minimum atomic E-state index is -0.321. The first-order valence-corrected chi connectivity index (χ1v) is 8.02. The van der Waals surface area contributed by atoms with Crippen molar-refractivity contribution in [1.82, 2.24) is 0 Å². The molecule has 1 saturated carbocycles. The molecule has 0 aromatic heterocycles. The molecular weight excluding hydrogens is 272 g/mol. The van der Waals surface area contributed by atoms with Crippen molar-refractivity contribution in [2.24, 2.45) is 5.41 Å². The highest BCUT2D eigenvalue weighted by Gasteiger charge is 2.45. The summed E-state index contributed by atoms with van der Waals surface area (Å²) in [6.07, 6.45) is 4.15. The molecule has 1 aliphatic carbocycles. The van der Waals surface area contributed by atoms with Crippen LogP contribution in [0, 0.1) is 5.41 Å². The van der Waals surface area contributed by atoms with Crippen LogP contribution in [0.1, 0.15) is 50.7 Å². The van der Waals surface area contributed by atoms with Crippen LogP contribution >= 0.6 is 0 Å². The van der Waals surface area contributed by atoms with Crippen molar-refractivity contribution < 1.29 is 10.2 Å². The SMILES string of the molecule is CC1(C)CCCC(c2ccccc2O)(c2ccccc2O)C1. The van der Waals surface area contributed by atoms with Gasteiger partial charge in [-0.3, -0.25) is 0 Å². The molecule has 1 fully saturated rings. The maximum Gasteiger partial charge on any atom is 0.119 e. The van der Waals surface area contributed by atoms with Gasteiger partial charge in [0, 0.05) is 16.5 Å². The molecule has 0 atom stereocenters. The van der Waals surface area contributed by atoms with Crippen molar-refractivity contribution in [2.75, 3.05) is 0 Å². The lowest BCUT2D eigenvalue weighted by atomic mass is 9.58. The molecule has 0 radical (unpaired) electrons. The molecule has 0 amide bonds. The molecule has 116 valence electrons. The first-order chi connectivity index (χ1) is 10.4. The van der Waals surface area contributed by atoms with E-state index in [0.717, 1.165) is 30.4 Å². The van der Waals surface area contributed by atoms with Gasteiger partial charge in [0.15, 0.2) is 0 Å². The fourth-order valence-corrected chi connectivity index (χ4v) is 4.22. The van der Waals surface area contributed by atoms with Crippen molar-refractivity contribution in [3.05, 3.63) is 59.7 Å². The van der Waals surface area contributed by atoms with Gasteiger partial charge in [0.05, 0.1) is 0 Å². The maximum absolute atomic E-state index is 10.5. The number of phenols is 2. The second-order valence-electron chi connectivity index (χ2n) is 7.31. The van der Waals surface area contributed by atoms with Crippen LogP contribution in [0.15, 0.2) is 48.5 Å². The molecule has 2 nitrogen and oxygen atoms in total. The predicted molar refractivity (Wildman–Crippen MR) is 89.2 cm³/mol. The van der Waals surface area contributed by atoms with Crippen LogP contribution in [0.5, 0.6) is 11.5 Å². The normalized spacial score (nSPS) is 19.7. The van der Waals surface area contributed by atoms with E-state index in [1.54, 1.807) is 12.1 Å². The Kier molecular flexibility index (Phi) is 3.64. The predicted octanol–water partition coefficient (Wildman–Crippen LogP) is 4.98. The highest BCUT2D eigenvalue weighted by molar-refractivity contribution is 5.51. The monoisotopic (exact) mass is 296 g/mol. The van der Waals surface area contributed by atoms with E-state index in [2.05, 4.69) is 13.8 Å². The van der Waals surface area contributed by atoms with Crippen LogP contribution in [0.2, 0.25) is 0 Å².